The second kappa shape index (κ2) is 5.39. The molecule has 5 heteroatoms. The lowest BCUT2D eigenvalue weighted by Crippen LogP contribution is -2.54. The van der Waals surface area contributed by atoms with E-state index in [0.29, 0.717) is 0 Å². The molecule has 0 aromatic carbocycles. The highest BCUT2D eigenvalue weighted by atomic mass is 32.1. The summed E-state index contributed by atoms with van der Waals surface area (Å²) in [7, 11) is -2.39. The van der Waals surface area contributed by atoms with E-state index in [1.54, 1.807) is 11.3 Å². The number of hydrogen-bond donors (Lipinski definition) is 0. The smallest absolute Gasteiger partial charge is 0.311 e. The minimum Gasteiger partial charge on any atom is -0.501 e. The second-order valence-corrected chi connectivity index (χ2v) is 10.2. The molecule has 1 aromatic rings. The SMILES string of the molecule is C1=C([Si](C2=CCCO2)(C2=CCCO2)c2cccs2)OCC1. The highest BCUT2D eigenvalue weighted by Gasteiger charge is 2.55. The van der Waals surface area contributed by atoms with Gasteiger partial charge in [0.1, 0.15) is 0 Å². The van der Waals surface area contributed by atoms with Crippen LogP contribution in [-0.4, -0.2) is 27.9 Å². The van der Waals surface area contributed by atoms with Crippen molar-refractivity contribution in [3.63, 3.8) is 0 Å². The molecule has 0 aliphatic carbocycles. The lowest BCUT2D eigenvalue weighted by molar-refractivity contribution is 0.234. The number of ether oxygens (including phenoxy) is 3. The summed E-state index contributed by atoms with van der Waals surface area (Å²) in [6.07, 6.45) is 9.69. The Morgan fingerprint density at radius 2 is 1.33 bits per heavy atom. The Labute approximate surface area is 129 Å². The number of rotatable bonds is 4. The molecular weight excluding hydrogens is 300 g/mol. The minimum absolute atomic E-state index is 0.774. The Hall–Kier alpha value is -1.46. The van der Waals surface area contributed by atoms with Crippen LogP contribution in [0.2, 0.25) is 0 Å². The number of thiophene rings is 1. The molecule has 0 unspecified atom stereocenters. The van der Waals surface area contributed by atoms with Crippen LogP contribution in [0, 0.1) is 0 Å². The van der Waals surface area contributed by atoms with E-state index in [1.165, 1.54) is 4.50 Å². The molecule has 0 saturated carbocycles. The summed E-state index contributed by atoms with van der Waals surface area (Å²) in [5.41, 5.74) is 0. The van der Waals surface area contributed by atoms with Crippen molar-refractivity contribution in [2.45, 2.75) is 19.3 Å². The summed E-state index contributed by atoms with van der Waals surface area (Å²) in [5.74, 6) is 0. The molecule has 3 nitrogen and oxygen atoms in total. The third-order valence-corrected chi connectivity index (χ3v) is 10.2. The first-order chi connectivity index (χ1) is 10.4. The third kappa shape index (κ3) is 1.98. The van der Waals surface area contributed by atoms with Gasteiger partial charge in [-0.2, -0.15) is 11.3 Å². The monoisotopic (exact) mass is 318 g/mol. The average Bonchev–Trinajstić information content (AvgIpc) is 3.32. The van der Waals surface area contributed by atoms with E-state index in [-0.39, 0.29) is 0 Å². The lowest BCUT2D eigenvalue weighted by atomic mass is 10.5. The van der Waals surface area contributed by atoms with Gasteiger partial charge in [0, 0.05) is 23.8 Å². The molecular formula is C16H18O3SSi. The fourth-order valence-electron chi connectivity index (χ4n) is 3.26. The van der Waals surface area contributed by atoms with Gasteiger partial charge >= 0.3 is 8.07 Å². The maximum Gasteiger partial charge on any atom is 0.311 e. The summed E-state index contributed by atoms with van der Waals surface area (Å²) in [4.78, 5) is 0. The van der Waals surface area contributed by atoms with Crippen molar-refractivity contribution in [2.24, 2.45) is 0 Å². The summed E-state index contributed by atoms with van der Waals surface area (Å²) in [6, 6.07) is 4.33. The Bertz CT molecular complexity index is 556. The largest absolute Gasteiger partial charge is 0.501 e. The normalized spacial score (nSPS) is 21.2. The molecule has 3 aliphatic heterocycles. The van der Waals surface area contributed by atoms with Crippen LogP contribution < -0.4 is 4.50 Å². The molecule has 0 fully saturated rings. The maximum absolute atomic E-state index is 6.05. The fraction of sp³-hybridized carbons (Fsp3) is 0.375. The standard InChI is InChI=1S/C16H18O3SSi/c1-5-13(17-9-1)21(14-6-2-10-18-14,15-7-3-11-19-15)16-8-4-12-20-16/h4-8,12H,1-3,9-11H2. The van der Waals surface area contributed by atoms with E-state index in [1.807, 2.05) is 0 Å². The van der Waals surface area contributed by atoms with Crippen molar-refractivity contribution < 1.29 is 14.2 Å². The highest BCUT2D eigenvalue weighted by molar-refractivity contribution is 7.30. The van der Waals surface area contributed by atoms with Crippen LogP contribution in [0.4, 0.5) is 0 Å². The zero-order valence-electron chi connectivity index (χ0n) is 11.8. The van der Waals surface area contributed by atoms with Gasteiger partial charge in [-0.3, -0.25) is 0 Å². The van der Waals surface area contributed by atoms with E-state index >= 15 is 0 Å². The van der Waals surface area contributed by atoms with Crippen molar-refractivity contribution in [2.75, 3.05) is 19.8 Å². The molecule has 1 aromatic heterocycles. The van der Waals surface area contributed by atoms with E-state index in [0.717, 1.165) is 55.2 Å². The molecule has 0 N–H and O–H groups in total. The van der Waals surface area contributed by atoms with Crippen molar-refractivity contribution in [3.05, 3.63) is 51.9 Å². The first kappa shape index (κ1) is 13.2. The maximum atomic E-state index is 6.05. The predicted octanol–water partition coefficient (Wildman–Crippen LogP) is 2.93. The molecule has 110 valence electrons. The van der Waals surface area contributed by atoms with Crippen LogP contribution in [0.25, 0.3) is 0 Å². The van der Waals surface area contributed by atoms with Crippen molar-refractivity contribution in [3.8, 4) is 0 Å². The third-order valence-electron chi connectivity index (χ3n) is 4.12. The van der Waals surface area contributed by atoms with Crippen LogP contribution in [0.1, 0.15) is 19.3 Å². The van der Waals surface area contributed by atoms with Gasteiger partial charge < -0.3 is 14.2 Å². The first-order valence-electron chi connectivity index (χ1n) is 7.46. The lowest BCUT2D eigenvalue weighted by Gasteiger charge is -2.32. The number of hydrogen-bond acceptors (Lipinski definition) is 4. The molecule has 0 saturated heterocycles. The van der Waals surface area contributed by atoms with Crippen molar-refractivity contribution >= 4 is 23.9 Å². The molecule has 0 amide bonds. The molecule has 4 heterocycles. The quantitative estimate of drug-likeness (QED) is 0.799. The van der Waals surface area contributed by atoms with Gasteiger partial charge in [-0.1, -0.05) is 12.1 Å². The molecule has 3 aliphatic rings. The highest BCUT2D eigenvalue weighted by Crippen LogP contribution is 2.39. The van der Waals surface area contributed by atoms with Gasteiger partial charge in [-0.25, -0.2) is 0 Å². The molecule has 0 radical (unpaired) electrons. The zero-order valence-corrected chi connectivity index (χ0v) is 13.7. The predicted molar refractivity (Wildman–Crippen MR) is 85.7 cm³/mol. The van der Waals surface area contributed by atoms with Crippen molar-refractivity contribution in [1.29, 1.82) is 0 Å². The van der Waals surface area contributed by atoms with Crippen LogP contribution >= 0.6 is 11.3 Å². The van der Waals surface area contributed by atoms with E-state index < -0.39 is 8.07 Å². The van der Waals surface area contributed by atoms with Gasteiger partial charge in [0.25, 0.3) is 0 Å². The topological polar surface area (TPSA) is 27.7 Å². The first-order valence-corrected chi connectivity index (χ1v) is 10.3. The summed E-state index contributed by atoms with van der Waals surface area (Å²) in [5, 5.41) is 5.45. The van der Waals surface area contributed by atoms with Crippen LogP contribution in [0.5, 0.6) is 0 Å². The van der Waals surface area contributed by atoms with E-state index in [4.69, 9.17) is 14.2 Å². The van der Waals surface area contributed by atoms with E-state index in [2.05, 4.69) is 35.7 Å². The van der Waals surface area contributed by atoms with Gasteiger partial charge in [-0.05, 0) is 23.6 Å². The minimum atomic E-state index is -2.39. The van der Waals surface area contributed by atoms with Crippen molar-refractivity contribution in [1.82, 2.24) is 0 Å². The molecule has 4 rings (SSSR count). The van der Waals surface area contributed by atoms with E-state index in [9.17, 15) is 0 Å². The van der Waals surface area contributed by atoms with Gasteiger partial charge in [0.2, 0.25) is 0 Å². The van der Waals surface area contributed by atoms with Gasteiger partial charge in [0.15, 0.2) is 0 Å². The molecule has 21 heavy (non-hydrogen) atoms. The molecule has 0 spiro atoms. The Kier molecular flexibility index (Phi) is 3.39. The van der Waals surface area contributed by atoms with Crippen LogP contribution in [-0.2, 0) is 14.2 Å². The van der Waals surface area contributed by atoms with Crippen LogP contribution in [0.3, 0.4) is 0 Å². The summed E-state index contributed by atoms with van der Waals surface area (Å²) in [6.45, 7) is 2.32. The van der Waals surface area contributed by atoms with Gasteiger partial charge in [0.05, 0.1) is 36.0 Å². The summed E-state index contributed by atoms with van der Waals surface area (Å²) >= 11 is 1.79. The second-order valence-electron chi connectivity index (χ2n) is 5.34. The van der Waals surface area contributed by atoms with Gasteiger partial charge in [-0.15, -0.1) is 0 Å². The Morgan fingerprint density at radius 1 is 0.810 bits per heavy atom. The fourth-order valence-corrected chi connectivity index (χ4v) is 9.65. The molecule has 0 atom stereocenters. The zero-order chi connectivity index (χ0) is 14.1. The summed E-state index contributed by atoms with van der Waals surface area (Å²) < 4.78 is 19.5. The Balaban J connectivity index is 1.94. The van der Waals surface area contributed by atoms with Crippen LogP contribution in [0.15, 0.2) is 51.9 Å². The Morgan fingerprint density at radius 3 is 1.67 bits per heavy atom. The average molecular weight is 318 g/mol. The molecule has 0 bridgehead atoms.